The first-order valence-corrected chi connectivity index (χ1v) is 9.53. The lowest BCUT2D eigenvalue weighted by Crippen LogP contribution is -2.50. The van der Waals surface area contributed by atoms with E-state index in [1.807, 2.05) is 13.8 Å². The molecule has 28 heavy (non-hydrogen) atoms. The summed E-state index contributed by atoms with van der Waals surface area (Å²) in [5, 5.41) is 9.15. The first-order valence-electron chi connectivity index (χ1n) is 9.53. The van der Waals surface area contributed by atoms with Crippen molar-refractivity contribution in [1.29, 1.82) is 0 Å². The number of amides is 2. The molecule has 1 aliphatic carbocycles. The number of carbonyl (C=O) groups excluding carboxylic acids is 2. The lowest BCUT2D eigenvalue weighted by molar-refractivity contribution is -0.0393. The molecular weight excluding hydrogens is 372 g/mol. The molecule has 0 radical (unpaired) electrons. The van der Waals surface area contributed by atoms with Gasteiger partial charge in [0, 0.05) is 19.5 Å². The summed E-state index contributed by atoms with van der Waals surface area (Å²) in [5.41, 5.74) is 0.287. The lowest BCUT2D eigenvalue weighted by atomic mass is 9.62. The maximum absolute atomic E-state index is 12.8. The monoisotopic (exact) mass is 405 g/mol. The number of alkyl halides is 2. The Morgan fingerprint density at radius 2 is 1.86 bits per heavy atom. The van der Waals surface area contributed by atoms with Gasteiger partial charge in [-0.2, -0.15) is 0 Å². The van der Waals surface area contributed by atoms with E-state index >= 15 is 0 Å². The van der Waals surface area contributed by atoms with Crippen LogP contribution in [0.5, 0.6) is 0 Å². The van der Waals surface area contributed by atoms with Crippen molar-refractivity contribution in [1.82, 2.24) is 10.6 Å². The molecule has 2 unspecified atom stereocenters. The maximum atomic E-state index is 12.8. The Hall–Kier alpha value is -1.93. The van der Waals surface area contributed by atoms with Crippen molar-refractivity contribution < 1.29 is 27.9 Å². The number of carbonyl (C=O) groups is 2. The van der Waals surface area contributed by atoms with Gasteiger partial charge in [0.15, 0.2) is 6.61 Å². The van der Waals surface area contributed by atoms with Crippen molar-refractivity contribution in [3.05, 3.63) is 0 Å². The van der Waals surface area contributed by atoms with E-state index < -0.39 is 24.7 Å². The topological polar surface area (TPSA) is 89.0 Å². The van der Waals surface area contributed by atoms with Gasteiger partial charge in [-0.15, -0.1) is 0 Å². The van der Waals surface area contributed by atoms with Crippen LogP contribution in [0.3, 0.4) is 0 Å². The molecule has 0 aromatic heterocycles. The fourth-order valence-electron chi connectivity index (χ4n) is 3.78. The number of nitrogens with one attached hydrogen (secondary N) is 2. The lowest BCUT2D eigenvalue weighted by Gasteiger charge is -2.46. The molecule has 1 rings (SSSR count). The second-order valence-electron chi connectivity index (χ2n) is 8.96. The van der Waals surface area contributed by atoms with Crippen LogP contribution in [0.2, 0.25) is 0 Å². The number of alkyl carbamates (subject to hydrolysis) is 1. The molecule has 1 fully saturated rings. The predicted octanol–water partition coefficient (Wildman–Crippen LogP) is 4.46. The van der Waals surface area contributed by atoms with Crippen molar-refractivity contribution >= 4 is 17.9 Å². The molecule has 2 N–H and O–H groups in total. The van der Waals surface area contributed by atoms with Crippen LogP contribution < -0.4 is 10.6 Å². The Morgan fingerprint density at radius 3 is 2.43 bits per heavy atom. The van der Waals surface area contributed by atoms with Gasteiger partial charge in [0.25, 0.3) is 5.92 Å². The Balaban J connectivity index is 2.63. The smallest absolute Gasteiger partial charge is 0.433 e. The molecule has 7 nitrogen and oxygen atoms in total. The molecule has 2 atom stereocenters. The van der Waals surface area contributed by atoms with E-state index in [0.29, 0.717) is 25.5 Å². The van der Waals surface area contributed by atoms with Gasteiger partial charge in [-0.25, -0.2) is 18.4 Å². The predicted molar refractivity (Wildman–Crippen MR) is 103 cm³/mol. The van der Waals surface area contributed by atoms with Gasteiger partial charge in [0.05, 0.1) is 5.71 Å². The Labute approximate surface area is 165 Å². The van der Waals surface area contributed by atoms with E-state index in [1.54, 1.807) is 6.92 Å². The molecule has 2 amide bonds. The third-order valence-electron chi connectivity index (χ3n) is 4.68. The molecule has 0 heterocycles. The van der Waals surface area contributed by atoms with Gasteiger partial charge in [-0.1, -0.05) is 32.9 Å². The maximum Gasteiger partial charge on any atom is 0.433 e. The van der Waals surface area contributed by atoms with E-state index in [2.05, 4.69) is 34.4 Å². The fourth-order valence-corrected chi connectivity index (χ4v) is 3.78. The highest BCUT2D eigenvalue weighted by Gasteiger charge is 2.42. The van der Waals surface area contributed by atoms with Crippen LogP contribution in [-0.2, 0) is 9.57 Å². The highest BCUT2D eigenvalue weighted by Crippen LogP contribution is 2.45. The third kappa shape index (κ3) is 9.32. The van der Waals surface area contributed by atoms with Crippen molar-refractivity contribution in [2.45, 2.75) is 79.2 Å². The summed E-state index contributed by atoms with van der Waals surface area (Å²) >= 11 is 0. The molecule has 0 aromatic rings. The molecule has 1 saturated carbocycles. The minimum atomic E-state index is -3.07. The van der Waals surface area contributed by atoms with Gasteiger partial charge in [0.2, 0.25) is 0 Å². The summed E-state index contributed by atoms with van der Waals surface area (Å²) in [4.78, 5) is 28.6. The van der Waals surface area contributed by atoms with E-state index in [9.17, 15) is 18.4 Å². The minimum Gasteiger partial charge on any atom is -0.443 e. The molecule has 0 spiro atoms. The molecule has 0 bridgehead atoms. The minimum absolute atomic E-state index is 0.0877. The van der Waals surface area contributed by atoms with Gasteiger partial charge in [-0.3, -0.25) is 4.84 Å². The van der Waals surface area contributed by atoms with Crippen LogP contribution >= 0.6 is 0 Å². The van der Waals surface area contributed by atoms with Crippen LogP contribution in [-0.4, -0.2) is 43.0 Å². The van der Waals surface area contributed by atoms with Gasteiger partial charge >= 0.3 is 12.2 Å². The summed E-state index contributed by atoms with van der Waals surface area (Å²) in [7, 11) is 0. The van der Waals surface area contributed by atoms with E-state index in [1.165, 1.54) is 0 Å². The second-order valence-corrected chi connectivity index (χ2v) is 8.96. The molecular formula is C19H33F2N3O4. The van der Waals surface area contributed by atoms with E-state index in [4.69, 9.17) is 4.84 Å². The summed E-state index contributed by atoms with van der Waals surface area (Å²) in [6, 6.07) is -0.156. The highest BCUT2D eigenvalue weighted by molar-refractivity contribution is 5.81. The first-order chi connectivity index (χ1) is 12.7. The normalized spacial score (nSPS) is 25.0. The number of hydrogen-bond acceptors (Lipinski definition) is 5. The zero-order valence-corrected chi connectivity index (χ0v) is 17.7. The molecule has 0 aromatic carbocycles. The van der Waals surface area contributed by atoms with E-state index in [-0.39, 0.29) is 23.4 Å². The summed E-state index contributed by atoms with van der Waals surface area (Å²) in [6.07, 6.45) is 1.35. The average molecular weight is 405 g/mol. The number of nitrogens with zero attached hydrogens (tertiary/aromatic N) is 1. The molecule has 1 aliphatic rings. The van der Waals surface area contributed by atoms with Crippen molar-refractivity contribution in [2.75, 3.05) is 13.2 Å². The molecule has 162 valence electrons. The van der Waals surface area contributed by atoms with Crippen molar-refractivity contribution in [3.8, 4) is 0 Å². The third-order valence-corrected chi connectivity index (χ3v) is 4.68. The van der Waals surface area contributed by atoms with E-state index in [0.717, 1.165) is 12.8 Å². The Bertz CT molecular complexity index is 590. The van der Waals surface area contributed by atoms with Crippen LogP contribution in [0.15, 0.2) is 5.16 Å². The second kappa shape index (κ2) is 9.52. The van der Waals surface area contributed by atoms with Crippen molar-refractivity contribution in [3.63, 3.8) is 0 Å². The quantitative estimate of drug-likeness (QED) is 0.372. The number of oxime groups is 1. The van der Waals surface area contributed by atoms with Crippen LogP contribution in [0.4, 0.5) is 18.4 Å². The van der Waals surface area contributed by atoms with Crippen LogP contribution in [0.1, 0.15) is 67.2 Å². The number of hydrogen-bond donors (Lipinski definition) is 2. The highest BCUT2D eigenvalue weighted by atomic mass is 19.3. The zero-order valence-electron chi connectivity index (χ0n) is 17.7. The number of rotatable bonds is 7. The fraction of sp³-hybridized carbons (Fsp3) is 0.842. The standard InChI is InChI=1S/C19H33F2N3O4/c1-7-13(2)24-28-16(26)23-14-8-17(3,4)10-18(5,9-14)11-22-15(25)27-12-19(6,20)21/h14H,7-12H2,1-6H3,(H,22,25)(H,23,26). The first kappa shape index (κ1) is 24.1. The molecule has 0 saturated heterocycles. The van der Waals surface area contributed by atoms with Crippen LogP contribution in [0.25, 0.3) is 0 Å². The van der Waals surface area contributed by atoms with Gasteiger partial charge < -0.3 is 15.4 Å². The van der Waals surface area contributed by atoms with Gasteiger partial charge in [-0.05, 0) is 43.4 Å². The Kier molecular flexibility index (Phi) is 8.19. The van der Waals surface area contributed by atoms with Crippen LogP contribution in [0, 0.1) is 10.8 Å². The molecule has 9 heteroatoms. The number of halogens is 2. The van der Waals surface area contributed by atoms with Crippen molar-refractivity contribution in [2.24, 2.45) is 16.0 Å². The Morgan fingerprint density at radius 1 is 1.21 bits per heavy atom. The largest absolute Gasteiger partial charge is 0.443 e. The zero-order chi connectivity index (χ0) is 21.6. The number of ether oxygens (including phenoxy) is 1. The summed E-state index contributed by atoms with van der Waals surface area (Å²) < 4.78 is 30.1. The summed E-state index contributed by atoms with van der Waals surface area (Å²) in [6.45, 7) is 9.82. The van der Waals surface area contributed by atoms with Gasteiger partial charge in [0.1, 0.15) is 0 Å². The average Bonchev–Trinajstić information content (AvgIpc) is 2.53. The SMILES string of the molecule is CCC(C)=NOC(=O)NC1CC(C)(C)CC(C)(CNC(=O)OCC(C)(F)F)C1. The summed E-state index contributed by atoms with van der Waals surface area (Å²) in [5.74, 6) is -3.07. The molecule has 0 aliphatic heterocycles.